The minimum Gasteiger partial charge on any atom is -0.398 e. The average Bonchev–Trinajstić information content (AvgIpc) is 3.44. The molecule has 0 radical (unpaired) electrons. The summed E-state index contributed by atoms with van der Waals surface area (Å²) in [6, 6.07) is 7.09. The quantitative estimate of drug-likeness (QED) is 0.562. The third-order valence-electron chi connectivity index (χ3n) is 4.47. The van der Waals surface area contributed by atoms with Crippen molar-refractivity contribution in [2.45, 2.75) is 26.7 Å². The van der Waals surface area contributed by atoms with E-state index in [-0.39, 0.29) is 16.6 Å². The minimum atomic E-state index is -0.473. The molecule has 0 saturated heterocycles. The smallest absolute Gasteiger partial charge is 0.275 e. The highest BCUT2D eigenvalue weighted by molar-refractivity contribution is 6.35. The van der Waals surface area contributed by atoms with E-state index in [0.29, 0.717) is 39.5 Å². The van der Waals surface area contributed by atoms with Gasteiger partial charge in [-0.1, -0.05) is 11.6 Å². The number of halogens is 1. The van der Waals surface area contributed by atoms with Gasteiger partial charge < -0.3 is 16.5 Å². The van der Waals surface area contributed by atoms with Crippen LogP contribution in [0.5, 0.6) is 0 Å². The maximum absolute atomic E-state index is 12.6. The van der Waals surface area contributed by atoms with Gasteiger partial charge in [0, 0.05) is 28.6 Å². The molecule has 1 aromatic heterocycles. The topological polar surface area (TPSA) is 116 Å². The summed E-state index contributed by atoms with van der Waals surface area (Å²) in [4.78, 5) is 16.8. The molecule has 132 valence electrons. The van der Waals surface area contributed by atoms with Crippen LogP contribution in [-0.2, 0) is 0 Å². The van der Waals surface area contributed by atoms with Crippen molar-refractivity contribution in [1.82, 2.24) is 4.98 Å². The number of amides is 1. The number of nitrogens with two attached hydrogens (primary N) is 1. The summed E-state index contributed by atoms with van der Waals surface area (Å²) in [5.74, 6) is -0.220. The number of pyridine rings is 1. The lowest BCUT2D eigenvalue weighted by molar-refractivity contribution is 0.102. The fourth-order valence-corrected chi connectivity index (χ4v) is 3.02. The van der Waals surface area contributed by atoms with Crippen molar-refractivity contribution in [1.29, 1.82) is 10.7 Å². The zero-order chi connectivity index (χ0) is 19.0. The number of aromatic nitrogens is 1. The number of benzene rings is 1. The Morgan fingerprint density at radius 3 is 2.73 bits per heavy atom. The van der Waals surface area contributed by atoms with E-state index in [1.54, 1.807) is 32.0 Å². The third kappa shape index (κ3) is 3.26. The van der Waals surface area contributed by atoms with Crippen LogP contribution in [0, 0.1) is 36.5 Å². The van der Waals surface area contributed by atoms with Crippen LogP contribution in [0.3, 0.4) is 0 Å². The van der Waals surface area contributed by atoms with Gasteiger partial charge >= 0.3 is 0 Å². The molecule has 26 heavy (non-hydrogen) atoms. The fraction of sp³-hybridized carbons (Fsp3) is 0.263. The first-order chi connectivity index (χ1) is 12.3. The molecular formula is C19H18ClN5O. The maximum atomic E-state index is 12.6. The van der Waals surface area contributed by atoms with Gasteiger partial charge in [0.2, 0.25) is 0 Å². The van der Waals surface area contributed by atoms with Gasteiger partial charge in [0.1, 0.15) is 11.8 Å². The number of nitrogens with one attached hydrogen (secondary N) is 2. The van der Waals surface area contributed by atoms with Gasteiger partial charge in [0.25, 0.3) is 5.91 Å². The van der Waals surface area contributed by atoms with E-state index in [0.717, 1.165) is 12.8 Å². The Balaban J connectivity index is 1.90. The van der Waals surface area contributed by atoms with Crippen LogP contribution in [0.25, 0.3) is 0 Å². The molecule has 0 aliphatic heterocycles. The van der Waals surface area contributed by atoms with Crippen molar-refractivity contribution in [3.05, 3.63) is 51.3 Å². The number of rotatable bonds is 4. The van der Waals surface area contributed by atoms with Crippen LogP contribution < -0.4 is 11.1 Å². The van der Waals surface area contributed by atoms with Gasteiger partial charge in [0.05, 0.1) is 16.3 Å². The maximum Gasteiger partial charge on any atom is 0.275 e. The Morgan fingerprint density at radius 1 is 1.42 bits per heavy atom. The van der Waals surface area contributed by atoms with Gasteiger partial charge in [-0.05, 0) is 50.5 Å². The molecule has 1 fully saturated rings. The summed E-state index contributed by atoms with van der Waals surface area (Å²) in [6.07, 6.45) is 2.00. The number of nitrogen functional groups attached to an aromatic ring is 1. The van der Waals surface area contributed by atoms with Gasteiger partial charge in [-0.2, -0.15) is 5.26 Å². The molecule has 0 unspecified atom stereocenters. The van der Waals surface area contributed by atoms with E-state index in [1.165, 1.54) is 0 Å². The predicted octanol–water partition coefficient (Wildman–Crippen LogP) is 3.84. The second-order valence-electron chi connectivity index (χ2n) is 6.42. The molecule has 1 saturated carbocycles. The Hall–Kier alpha value is -2.91. The average molecular weight is 368 g/mol. The largest absolute Gasteiger partial charge is 0.398 e. The highest BCUT2D eigenvalue weighted by atomic mass is 35.5. The molecule has 1 aromatic carbocycles. The zero-order valence-corrected chi connectivity index (χ0v) is 15.2. The zero-order valence-electron chi connectivity index (χ0n) is 14.5. The molecule has 1 heterocycles. The lowest BCUT2D eigenvalue weighted by Crippen LogP contribution is -2.17. The van der Waals surface area contributed by atoms with Gasteiger partial charge in [-0.3, -0.25) is 4.79 Å². The van der Waals surface area contributed by atoms with Crippen LogP contribution in [0.15, 0.2) is 18.2 Å². The van der Waals surface area contributed by atoms with Crippen molar-refractivity contribution in [3.8, 4) is 6.07 Å². The molecular weight excluding hydrogens is 350 g/mol. The standard InChI is InChI=1S/C19H18ClN5O/c1-9-14(8-21)10(2)24-18(16(9)20)19(26)25-12-5-6-15(22)13(7-12)17(23)11-3-4-11/h5-7,11,23H,3-4,22H2,1-2H3,(H,25,26). The molecule has 0 atom stereocenters. The Morgan fingerprint density at radius 2 is 2.12 bits per heavy atom. The van der Waals surface area contributed by atoms with E-state index in [1.807, 2.05) is 6.07 Å². The summed E-state index contributed by atoms with van der Waals surface area (Å²) >= 11 is 6.24. The molecule has 1 amide bonds. The normalized spacial score (nSPS) is 13.2. The number of anilines is 2. The molecule has 0 spiro atoms. The van der Waals surface area contributed by atoms with Crippen LogP contribution in [0.1, 0.15) is 45.7 Å². The minimum absolute atomic E-state index is 0.0660. The van der Waals surface area contributed by atoms with Crippen molar-refractivity contribution in [3.63, 3.8) is 0 Å². The lowest BCUT2D eigenvalue weighted by atomic mass is 10.0. The van der Waals surface area contributed by atoms with E-state index >= 15 is 0 Å². The SMILES string of the molecule is Cc1nc(C(=O)Nc2ccc(N)c(C(=N)C3CC3)c2)c(Cl)c(C)c1C#N. The fourth-order valence-electron chi connectivity index (χ4n) is 2.80. The number of nitrogens with zero attached hydrogens (tertiary/aromatic N) is 2. The van der Waals surface area contributed by atoms with Gasteiger partial charge in [0.15, 0.2) is 0 Å². The van der Waals surface area contributed by atoms with Crippen LogP contribution >= 0.6 is 11.6 Å². The molecule has 6 nitrogen and oxygen atoms in total. The number of hydrogen-bond donors (Lipinski definition) is 3. The molecule has 0 bridgehead atoms. The third-order valence-corrected chi connectivity index (χ3v) is 4.93. The molecule has 1 aliphatic carbocycles. The number of nitriles is 1. The molecule has 3 rings (SSSR count). The first kappa shape index (κ1) is 17.9. The monoisotopic (exact) mass is 367 g/mol. The molecule has 2 aromatic rings. The number of carbonyl (C=O) groups excluding carboxylic acids is 1. The second kappa shape index (κ2) is 6.77. The Kier molecular flexibility index (Phi) is 4.66. The summed E-state index contributed by atoms with van der Waals surface area (Å²) in [6.45, 7) is 3.35. The van der Waals surface area contributed by atoms with Gasteiger partial charge in [-0.15, -0.1) is 0 Å². The van der Waals surface area contributed by atoms with Crippen LogP contribution in [0.4, 0.5) is 11.4 Å². The predicted molar refractivity (Wildman–Crippen MR) is 102 cm³/mol. The van der Waals surface area contributed by atoms with Crippen molar-refractivity contribution < 1.29 is 4.79 Å². The molecule has 7 heteroatoms. The summed E-state index contributed by atoms with van der Waals surface area (Å²) in [5, 5.41) is 20.3. The first-order valence-corrected chi connectivity index (χ1v) is 8.57. The second-order valence-corrected chi connectivity index (χ2v) is 6.79. The summed E-state index contributed by atoms with van der Waals surface area (Å²) in [7, 11) is 0. The van der Waals surface area contributed by atoms with Crippen molar-refractivity contribution in [2.75, 3.05) is 11.1 Å². The number of hydrogen-bond acceptors (Lipinski definition) is 5. The van der Waals surface area contributed by atoms with Crippen molar-refractivity contribution >= 4 is 34.6 Å². The van der Waals surface area contributed by atoms with Crippen LogP contribution in [0.2, 0.25) is 5.02 Å². The van der Waals surface area contributed by atoms with Crippen molar-refractivity contribution in [2.24, 2.45) is 5.92 Å². The Bertz CT molecular complexity index is 973. The first-order valence-electron chi connectivity index (χ1n) is 8.20. The van der Waals surface area contributed by atoms with Crippen LogP contribution in [-0.4, -0.2) is 16.6 Å². The van der Waals surface area contributed by atoms with E-state index in [2.05, 4.69) is 10.3 Å². The van der Waals surface area contributed by atoms with E-state index in [9.17, 15) is 4.79 Å². The van der Waals surface area contributed by atoms with E-state index in [4.69, 9.17) is 28.0 Å². The molecule has 1 aliphatic rings. The van der Waals surface area contributed by atoms with Gasteiger partial charge in [-0.25, -0.2) is 4.98 Å². The summed E-state index contributed by atoms with van der Waals surface area (Å²) < 4.78 is 0. The highest BCUT2D eigenvalue weighted by Crippen LogP contribution is 2.35. The Labute approximate surface area is 156 Å². The molecule has 4 N–H and O–H groups in total. The highest BCUT2D eigenvalue weighted by Gasteiger charge is 2.28. The number of carbonyl (C=O) groups is 1. The summed E-state index contributed by atoms with van der Waals surface area (Å²) in [5.41, 5.74) is 9.56. The lowest BCUT2D eigenvalue weighted by Gasteiger charge is -2.13. The van der Waals surface area contributed by atoms with E-state index < -0.39 is 5.91 Å². The number of aryl methyl sites for hydroxylation is 1.